The Morgan fingerprint density at radius 2 is 1.44 bits per heavy atom. The number of ketones is 3. The molecule has 7 atom stereocenters. The van der Waals surface area contributed by atoms with Crippen molar-refractivity contribution in [2.45, 2.75) is 104 Å². The van der Waals surface area contributed by atoms with E-state index in [2.05, 4.69) is 22.5 Å². The third kappa shape index (κ3) is 16.0. The summed E-state index contributed by atoms with van der Waals surface area (Å²) in [7, 11) is 5.26. The van der Waals surface area contributed by atoms with Gasteiger partial charge in [0, 0.05) is 53.7 Å². The van der Waals surface area contributed by atoms with Crippen LogP contribution >= 0.6 is 43.2 Å². The Bertz CT molecular complexity index is 1140. The highest BCUT2D eigenvalue weighted by molar-refractivity contribution is 8.77. The molecule has 0 spiro atoms. The Morgan fingerprint density at radius 1 is 0.854 bits per heavy atom. The van der Waals surface area contributed by atoms with Gasteiger partial charge in [-0.3, -0.25) is 28.8 Å². The van der Waals surface area contributed by atoms with Gasteiger partial charge in [0.15, 0.2) is 11.6 Å². The fourth-order valence-corrected chi connectivity index (χ4v) is 9.64. The molecule has 0 radical (unpaired) electrons. The number of nitrogens with two attached hydrogens (primary N) is 1. The average Bonchev–Trinajstić information content (AvgIpc) is 2.99. The van der Waals surface area contributed by atoms with Crippen molar-refractivity contribution in [2.75, 3.05) is 23.0 Å². The van der Waals surface area contributed by atoms with Crippen molar-refractivity contribution >= 4 is 78.3 Å². The Labute approximate surface area is 300 Å². The molecule has 2 amide bonds. The second-order valence-electron chi connectivity index (χ2n) is 13.0. The summed E-state index contributed by atoms with van der Waals surface area (Å²) in [6, 6.07) is -3.63. The lowest BCUT2D eigenvalue weighted by Gasteiger charge is -2.28. The highest BCUT2D eigenvalue weighted by Gasteiger charge is 2.34. The van der Waals surface area contributed by atoms with Crippen LogP contribution in [-0.2, 0) is 28.8 Å². The summed E-state index contributed by atoms with van der Waals surface area (Å²) in [4.78, 5) is 78.1. The van der Waals surface area contributed by atoms with E-state index in [1.54, 1.807) is 13.8 Å². The molecule has 48 heavy (non-hydrogen) atoms. The number of carboxylic acids is 1. The van der Waals surface area contributed by atoms with E-state index in [-0.39, 0.29) is 59.5 Å². The predicted molar refractivity (Wildman–Crippen MR) is 198 cm³/mol. The highest BCUT2D eigenvalue weighted by atomic mass is 33.1. The van der Waals surface area contributed by atoms with Gasteiger partial charge in [-0.2, -0.15) is 0 Å². The number of hydrogen-bond acceptors (Lipinski definition) is 13. The Morgan fingerprint density at radius 3 is 1.98 bits per heavy atom. The summed E-state index contributed by atoms with van der Waals surface area (Å²) in [6.45, 7) is 16.8. The molecule has 12 nitrogen and oxygen atoms in total. The quantitative estimate of drug-likeness (QED) is 0.148. The molecular weight excluding hydrogens is 697 g/mol. The number of aliphatic hydroxyl groups excluding tert-OH is 1. The molecule has 1 heterocycles. The average molecular weight is 751 g/mol. The first-order valence-corrected chi connectivity index (χ1v) is 21.1. The summed E-state index contributed by atoms with van der Waals surface area (Å²) >= 11 is 0. The minimum Gasteiger partial charge on any atom is -0.481 e. The van der Waals surface area contributed by atoms with Crippen LogP contribution in [0.4, 0.5) is 0 Å². The van der Waals surface area contributed by atoms with E-state index >= 15 is 0 Å². The van der Waals surface area contributed by atoms with Crippen LogP contribution in [0.15, 0.2) is 12.2 Å². The third-order valence-electron chi connectivity index (χ3n) is 7.76. The molecule has 0 unspecified atom stereocenters. The number of rotatable bonds is 9. The Kier molecular flexibility index (Phi) is 20.7. The first kappa shape index (κ1) is 44.5. The molecule has 0 aromatic carbocycles. The second-order valence-corrected chi connectivity index (χ2v) is 18.1. The standard InChI is InChI=1S/C32H54N4O8S4/c1-16(2)19(7)25-14-47-45-12-21(30(42)17(3)4)9-27(38)24(11-29(40)41)35-32(44)23(33)13-46-48-15-26(34-18(5)6)28(39)10-22(20(8)37)31(43)36-25/h16-18,20-26,34,37H,7,9-15,33H2,1-6,8H3,(H,35,44)(H,36,43)(H,40,41)/t20-,21+,22+,23+,24+,25+,26+/m1/s1. The lowest BCUT2D eigenvalue weighted by Crippen LogP contribution is -2.50. The normalized spacial score (nSPS) is 27.5. The maximum atomic E-state index is 13.6. The first-order chi connectivity index (χ1) is 22.3. The maximum absolute atomic E-state index is 13.6. The van der Waals surface area contributed by atoms with Crippen LogP contribution in [0, 0.1) is 23.7 Å². The molecule has 274 valence electrons. The summed E-state index contributed by atoms with van der Waals surface area (Å²) in [5.41, 5.74) is 6.84. The van der Waals surface area contributed by atoms with Gasteiger partial charge in [0.05, 0.1) is 42.6 Å². The topological polar surface area (TPSA) is 205 Å². The van der Waals surface area contributed by atoms with Crippen molar-refractivity contribution in [2.24, 2.45) is 29.4 Å². The molecular formula is C32H54N4O8S4. The number of nitrogens with one attached hydrogen (secondary N) is 3. The number of carbonyl (C=O) groups excluding carboxylic acids is 5. The monoisotopic (exact) mass is 750 g/mol. The SMILES string of the molecule is C=C(C(C)C)[C@@H]1CSSC[C@@H](C(=O)C(C)C)CC(=O)[C@H](CC(=O)O)NC(=O)[C@@H](N)CSSC[C@H](NC(C)C)C(=O)C[C@@H]([C@@H](C)O)C(=O)N1. The van der Waals surface area contributed by atoms with Gasteiger partial charge in [0.1, 0.15) is 5.78 Å². The van der Waals surface area contributed by atoms with E-state index in [0.29, 0.717) is 5.75 Å². The largest absolute Gasteiger partial charge is 0.481 e. The molecule has 1 aliphatic rings. The number of aliphatic carboxylic acids is 1. The zero-order chi connectivity index (χ0) is 36.7. The molecule has 16 heteroatoms. The zero-order valence-corrected chi connectivity index (χ0v) is 32.3. The van der Waals surface area contributed by atoms with E-state index in [0.717, 1.165) is 5.57 Å². The minimum atomic E-state index is -1.36. The van der Waals surface area contributed by atoms with E-state index in [9.17, 15) is 39.0 Å². The van der Waals surface area contributed by atoms with E-state index < -0.39 is 72.1 Å². The molecule has 0 saturated carbocycles. The smallest absolute Gasteiger partial charge is 0.305 e. The van der Waals surface area contributed by atoms with Crippen LogP contribution in [0.3, 0.4) is 0 Å². The van der Waals surface area contributed by atoms with Crippen molar-refractivity contribution in [1.82, 2.24) is 16.0 Å². The number of Topliss-reactive ketones (excluding diaryl/α,β-unsaturated/α-hetero) is 3. The molecule has 1 rings (SSSR count). The predicted octanol–water partition coefficient (Wildman–Crippen LogP) is 2.87. The molecule has 0 bridgehead atoms. The lowest BCUT2D eigenvalue weighted by molar-refractivity contribution is -0.140. The number of hydrogen-bond donors (Lipinski definition) is 6. The summed E-state index contributed by atoms with van der Waals surface area (Å²) in [5, 5.41) is 28.7. The minimum absolute atomic E-state index is 0.0163. The zero-order valence-electron chi connectivity index (χ0n) is 29.0. The Hall–Kier alpha value is -1.56. The maximum Gasteiger partial charge on any atom is 0.305 e. The molecule has 1 saturated heterocycles. The van der Waals surface area contributed by atoms with Gasteiger partial charge in [0.2, 0.25) is 11.8 Å². The highest BCUT2D eigenvalue weighted by Crippen LogP contribution is 2.31. The van der Waals surface area contributed by atoms with E-state index in [1.807, 2.05) is 27.7 Å². The first-order valence-electron chi connectivity index (χ1n) is 16.1. The van der Waals surface area contributed by atoms with Crippen molar-refractivity contribution in [3.63, 3.8) is 0 Å². The van der Waals surface area contributed by atoms with Gasteiger partial charge in [-0.1, -0.05) is 96.9 Å². The van der Waals surface area contributed by atoms with Gasteiger partial charge in [0.25, 0.3) is 0 Å². The van der Waals surface area contributed by atoms with Gasteiger partial charge in [-0.15, -0.1) is 0 Å². The summed E-state index contributed by atoms with van der Waals surface area (Å²) in [5.74, 6) is -4.54. The third-order valence-corrected chi connectivity index (χ3v) is 12.7. The lowest BCUT2D eigenvalue weighted by atomic mass is 9.90. The fraction of sp³-hybridized carbons (Fsp3) is 0.750. The van der Waals surface area contributed by atoms with Crippen LogP contribution in [0.1, 0.15) is 67.7 Å². The number of carbonyl (C=O) groups is 6. The molecule has 7 N–H and O–H groups in total. The molecule has 0 aliphatic carbocycles. The van der Waals surface area contributed by atoms with E-state index in [4.69, 9.17) is 5.73 Å². The second kappa shape index (κ2) is 22.3. The van der Waals surface area contributed by atoms with Gasteiger partial charge in [-0.25, -0.2) is 0 Å². The van der Waals surface area contributed by atoms with E-state index in [1.165, 1.54) is 50.1 Å². The molecule has 1 aliphatic heterocycles. The summed E-state index contributed by atoms with van der Waals surface area (Å²) < 4.78 is 0. The van der Waals surface area contributed by atoms with Crippen LogP contribution in [0.2, 0.25) is 0 Å². The summed E-state index contributed by atoms with van der Waals surface area (Å²) in [6.07, 6.45) is -2.20. The van der Waals surface area contributed by atoms with Gasteiger partial charge in [-0.05, 0) is 12.8 Å². The van der Waals surface area contributed by atoms with Crippen LogP contribution in [0.5, 0.6) is 0 Å². The fourth-order valence-electron chi connectivity index (χ4n) is 4.76. The van der Waals surface area contributed by atoms with Crippen LogP contribution < -0.4 is 21.7 Å². The molecule has 1 fully saturated rings. The van der Waals surface area contributed by atoms with Crippen molar-refractivity contribution in [3.8, 4) is 0 Å². The van der Waals surface area contributed by atoms with Crippen LogP contribution in [0.25, 0.3) is 0 Å². The van der Waals surface area contributed by atoms with Crippen molar-refractivity contribution in [3.05, 3.63) is 12.2 Å². The number of aliphatic hydroxyl groups is 1. The van der Waals surface area contributed by atoms with Crippen molar-refractivity contribution < 1.29 is 39.0 Å². The van der Waals surface area contributed by atoms with Gasteiger partial charge < -0.3 is 31.9 Å². The Balaban J connectivity index is 3.44. The number of amides is 2. The molecule has 0 aromatic heterocycles. The van der Waals surface area contributed by atoms with Crippen molar-refractivity contribution in [1.29, 1.82) is 0 Å². The molecule has 0 aromatic rings. The van der Waals surface area contributed by atoms with Gasteiger partial charge >= 0.3 is 5.97 Å². The number of carboxylic acid groups (broad SMARTS) is 1. The van der Waals surface area contributed by atoms with Crippen LogP contribution in [-0.4, -0.2) is 105 Å².